The smallest absolute Gasteiger partial charge is 0.253 e. The molecule has 3 aliphatic heterocycles. The fourth-order valence-corrected chi connectivity index (χ4v) is 5.18. The third kappa shape index (κ3) is 5.47. The van der Waals surface area contributed by atoms with Gasteiger partial charge in [0.05, 0.1) is 6.10 Å². The molecule has 1 N–H and O–H groups in total. The highest BCUT2D eigenvalue weighted by Gasteiger charge is 2.32. The summed E-state index contributed by atoms with van der Waals surface area (Å²) in [7, 11) is 0. The monoisotopic (exact) mass is 427 g/mol. The number of hydrogen-bond acceptors (Lipinski definition) is 4. The molecule has 1 unspecified atom stereocenters. The lowest BCUT2D eigenvalue weighted by Gasteiger charge is -2.41. The van der Waals surface area contributed by atoms with Crippen LogP contribution in [0.1, 0.15) is 60.0 Å². The van der Waals surface area contributed by atoms with Gasteiger partial charge in [0.1, 0.15) is 0 Å². The standard InChI is InChI=1S/C25H37N3O3/c1-18-5-6-21(16-19(18)2)25(30)28-13-9-22(10-14-28)27-11-7-20(8-12-27)24(29)26-17-23-4-3-15-31-23/h5-6,16,20,22-23H,3-4,7-15,17H2,1-2H3,(H,26,29). The molecule has 0 bridgehead atoms. The van der Waals surface area contributed by atoms with Crippen molar-refractivity contribution in [3.8, 4) is 0 Å². The Hall–Kier alpha value is -1.92. The second kappa shape index (κ2) is 10.1. The molecule has 0 spiro atoms. The highest BCUT2D eigenvalue weighted by atomic mass is 16.5. The van der Waals surface area contributed by atoms with Gasteiger partial charge in [-0.2, -0.15) is 0 Å². The minimum Gasteiger partial charge on any atom is -0.376 e. The van der Waals surface area contributed by atoms with E-state index in [-0.39, 0.29) is 23.8 Å². The quantitative estimate of drug-likeness (QED) is 0.785. The van der Waals surface area contributed by atoms with Crippen LogP contribution < -0.4 is 5.32 Å². The molecule has 6 heteroatoms. The van der Waals surface area contributed by atoms with Gasteiger partial charge in [0.2, 0.25) is 5.91 Å². The first-order chi connectivity index (χ1) is 15.0. The molecule has 3 heterocycles. The van der Waals surface area contributed by atoms with E-state index < -0.39 is 0 Å². The van der Waals surface area contributed by atoms with E-state index in [1.807, 2.05) is 23.1 Å². The van der Waals surface area contributed by atoms with Crippen molar-refractivity contribution in [2.75, 3.05) is 39.3 Å². The Morgan fingerprint density at radius 2 is 1.74 bits per heavy atom. The Morgan fingerprint density at radius 3 is 2.39 bits per heavy atom. The molecule has 0 saturated carbocycles. The van der Waals surface area contributed by atoms with Crippen LogP contribution in [-0.2, 0) is 9.53 Å². The lowest BCUT2D eigenvalue weighted by Crippen LogP contribution is -2.50. The summed E-state index contributed by atoms with van der Waals surface area (Å²) in [6.07, 6.45) is 6.27. The minimum atomic E-state index is 0.129. The van der Waals surface area contributed by atoms with Crippen molar-refractivity contribution in [3.05, 3.63) is 34.9 Å². The molecule has 6 nitrogen and oxygen atoms in total. The number of hydrogen-bond donors (Lipinski definition) is 1. The summed E-state index contributed by atoms with van der Waals surface area (Å²) in [5, 5.41) is 3.10. The number of likely N-dealkylation sites (tertiary alicyclic amines) is 2. The summed E-state index contributed by atoms with van der Waals surface area (Å²) in [4.78, 5) is 29.9. The Kier molecular flexibility index (Phi) is 7.28. The normalized spacial score (nSPS) is 23.8. The average molecular weight is 428 g/mol. The number of benzene rings is 1. The molecule has 1 atom stereocenters. The highest BCUT2D eigenvalue weighted by molar-refractivity contribution is 5.94. The molecule has 2 amide bonds. The number of aryl methyl sites for hydroxylation is 2. The van der Waals surface area contributed by atoms with E-state index in [9.17, 15) is 9.59 Å². The summed E-state index contributed by atoms with van der Waals surface area (Å²) in [5.74, 6) is 0.483. The van der Waals surface area contributed by atoms with Gasteiger partial charge in [-0.15, -0.1) is 0 Å². The van der Waals surface area contributed by atoms with Gasteiger partial charge in [-0.3, -0.25) is 9.59 Å². The molecule has 1 aromatic rings. The van der Waals surface area contributed by atoms with Crippen LogP contribution in [0.15, 0.2) is 18.2 Å². The van der Waals surface area contributed by atoms with E-state index in [0.29, 0.717) is 12.6 Å². The van der Waals surface area contributed by atoms with E-state index in [4.69, 9.17) is 4.74 Å². The van der Waals surface area contributed by atoms with Crippen molar-refractivity contribution in [3.63, 3.8) is 0 Å². The topological polar surface area (TPSA) is 61.9 Å². The average Bonchev–Trinajstić information content (AvgIpc) is 3.33. The SMILES string of the molecule is Cc1ccc(C(=O)N2CCC(N3CCC(C(=O)NCC4CCCO4)CC3)CC2)cc1C. The van der Waals surface area contributed by atoms with Crippen LogP contribution in [0.2, 0.25) is 0 Å². The van der Waals surface area contributed by atoms with Crippen LogP contribution >= 0.6 is 0 Å². The molecule has 3 fully saturated rings. The van der Waals surface area contributed by atoms with Gasteiger partial charge in [-0.1, -0.05) is 6.07 Å². The van der Waals surface area contributed by atoms with Crippen LogP contribution in [-0.4, -0.2) is 73.1 Å². The zero-order valence-corrected chi connectivity index (χ0v) is 19.1. The third-order valence-corrected chi connectivity index (χ3v) is 7.45. The molecular formula is C25H37N3O3. The van der Waals surface area contributed by atoms with Crippen LogP contribution in [0.25, 0.3) is 0 Å². The van der Waals surface area contributed by atoms with Crippen molar-refractivity contribution in [1.29, 1.82) is 0 Å². The molecule has 170 valence electrons. The predicted molar refractivity (Wildman–Crippen MR) is 121 cm³/mol. The second-order valence-electron chi connectivity index (χ2n) is 9.51. The van der Waals surface area contributed by atoms with Gasteiger partial charge in [0.25, 0.3) is 5.91 Å². The Balaban J connectivity index is 1.19. The molecule has 1 aromatic carbocycles. The van der Waals surface area contributed by atoms with Crippen molar-refractivity contribution < 1.29 is 14.3 Å². The number of ether oxygens (including phenoxy) is 1. The number of carbonyl (C=O) groups excluding carboxylic acids is 2. The van der Waals surface area contributed by atoms with Gasteiger partial charge in [-0.05, 0) is 88.7 Å². The van der Waals surface area contributed by atoms with Crippen molar-refractivity contribution in [2.45, 2.75) is 64.5 Å². The fourth-order valence-electron chi connectivity index (χ4n) is 5.18. The van der Waals surface area contributed by atoms with Gasteiger partial charge >= 0.3 is 0 Å². The number of piperidine rings is 2. The van der Waals surface area contributed by atoms with Crippen LogP contribution in [0.5, 0.6) is 0 Å². The molecular weight excluding hydrogens is 390 g/mol. The second-order valence-corrected chi connectivity index (χ2v) is 9.51. The predicted octanol–water partition coefficient (Wildman–Crippen LogP) is 2.92. The first-order valence-electron chi connectivity index (χ1n) is 12.0. The van der Waals surface area contributed by atoms with Crippen LogP contribution in [0.3, 0.4) is 0 Å². The van der Waals surface area contributed by atoms with Crippen LogP contribution in [0.4, 0.5) is 0 Å². The van der Waals surface area contributed by atoms with E-state index in [1.165, 1.54) is 11.1 Å². The first kappa shape index (κ1) is 22.3. The minimum absolute atomic E-state index is 0.129. The number of nitrogens with one attached hydrogen (secondary N) is 1. The molecule has 31 heavy (non-hydrogen) atoms. The van der Waals surface area contributed by atoms with E-state index in [1.54, 1.807) is 0 Å². The Bertz CT molecular complexity index is 774. The summed E-state index contributed by atoms with van der Waals surface area (Å²) in [6, 6.07) is 6.53. The number of carbonyl (C=O) groups is 2. The molecule has 0 aliphatic carbocycles. The Labute approximate surface area is 186 Å². The highest BCUT2D eigenvalue weighted by Crippen LogP contribution is 2.25. The zero-order valence-electron chi connectivity index (χ0n) is 19.1. The van der Waals surface area contributed by atoms with Crippen LogP contribution in [0, 0.1) is 19.8 Å². The van der Waals surface area contributed by atoms with Crippen molar-refractivity contribution >= 4 is 11.8 Å². The maximum atomic E-state index is 12.9. The molecule has 3 aliphatic rings. The molecule has 0 aromatic heterocycles. The van der Waals surface area contributed by atoms with Gasteiger partial charge in [0, 0.05) is 43.8 Å². The summed E-state index contributed by atoms with van der Waals surface area (Å²) < 4.78 is 5.60. The van der Waals surface area contributed by atoms with Gasteiger partial charge in [0.15, 0.2) is 0 Å². The van der Waals surface area contributed by atoms with E-state index in [2.05, 4.69) is 24.1 Å². The van der Waals surface area contributed by atoms with Crippen molar-refractivity contribution in [1.82, 2.24) is 15.1 Å². The van der Waals surface area contributed by atoms with E-state index >= 15 is 0 Å². The molecule has 3 saturated heterocycles. The molecule has 4 rings (SSSR count). The lowest BCUT2D eigenvalue weighted by molar-refractivity contribution is -0.127. The summed E-state index contributed by atoms with van der Waals surface area (Å²) in [6.45, 7) is 9.22. The lowest BCUT2D eigenvalue weighted by atomic mass is 9.92. The largest absolute Gasteiger partial charge is 0.376 e. The first-order valence-corrected chi connectivity index (χ1v) is 12.0. The number of amides is 2. The Morgan fingerprint density at radius 1 is 1.00 bits per heavy atom. The van der Waals surface area contributed by atoms with Crippen molar-refractivity contribution in [2.24, 2.45) is 5.92 Å². The fraction of sp³-hybridized carbons (Fsp3) is 0.680. The van der Waals surface area contributed by atoms with E-state index in [0.717, 1.165) is 76.9 Å². The summed E-state index contributed by atoms with van der Waals surface area (Å²) >= 11 is 0. The van der Waals surface area contributed by atoms with Gasteiger partial charge in [-0.25, -0.2) is 0 Å². The number of rotatable bonds is 5. The third-order valence-electron chi connectivity index (χ3n) is 7.45. The van der Waals surface area contributed by atoms with Gasteiger partial charge < -0.3 is 19.9 Å². The molecule has 0 radical (unpaired) electrons. The summed E-state index contributed by atoms with van der Waals surface area (Å²) in [5.41, 5.74) is 3.19. The number of nitrogens with zero attached hydrogens (tertiary/aromatic N) is 2. The zero-order chi connectivity index (χ0) is 21.8. The maximum absolute atomic E-state index is 12.9. The maximum Gasteiger partial charge on any atom is 0.253 e.